The van der Waals surface area contributed by atoms with Crippen molar-refractivity contribution in [2.75, 3.05) is 26.2 Å². The largest absolute Gasteiger partial charge is 0.492 e. The van der Waals surface area contributed by atoms with E-state index in [4.69, 9.17) is 11.2 Å². The molecule has 0 heterocycles. The maximum atomic E-state index is 5.54. The van der Waals surface area contributed by atoms with Gasteiger partial charge in [-0.1, -0.05) is 24.1 Å². The van der Waals surface area contributed by atoms with Gasteiger partial charge in [-0.15, -0.1) is 6.42 Å². The Morgan fingerprint density at radius 2 is 2.11 bits per heavy atom. The molecule has 0 unspecified atom stereocenters. The van der Waals surface area contributed by atoms with Crippen LogP contribution in [0.5, 0.6) is 5.75 Å². The summed E-state index contributed by atoms with van der Waals surface area (Å²) in [6.45, 7) is 4.39. The van der Waals surface area contributed by atoms with Crippen molar-refractivity contribution in [3.05, 3.63) is 30.3 Å². The number of benzene rings is 1. The molecule has 4 heteroatoms. The molecule has 0 saturated carbocycles. The first kappa shape index (κ1) is 13.9. The summed E-state index contributed by atoms with van der Waals surface area (Å²) in [5, 5.41) is 6.12. The standard InChI is InChI=1S/C14H19N3O/c1-3-10-16-14(15-4-2)17-11-12-18-13-8-6-5-7-9-13/h1,5-9H,4,10-12H2,2H3,(H2,15,16,17). The van der Waals surface area contributed by atoms with Gasteiger partial charge in [-0.05, 0) is 19.1 Å². The van der Waals surface area contributed by atoms with Crippen LogP contribution < -0.4 is 15.4 Å². The fourth-order valence-electron chi connectivity index (χ4n) is 1.31. The van der Waals surface area contributed by atoms with Crippen LogP contribution in [0.3, 0.4) is 0 Å². The van der Waals surface area contributed by atoms with E-state index in [0.29, 0.717) is 25.7 Å². The van der Waals surface area contributed by atoms with E-state index in [-0.39, 0.29) is 0 Å². The number of ether oxygens (including phenoxy) is 1. The lowest BCUT2D eigenvalue weighted by atomic mass is 10.3. The van der Waals surface area contributed by atoms with Gasteiger partial charge in [0, 0.05) is 6.54 Å². The number of hydrogen-bond acceptors (Lipinski definition) is 2. The van der Waals surface area contributed by atoms with Crippen molar-refractivity contribution in [2.45, 2.75) is 6.92 Å². The Morgan fingerprint density at radius 3 is 2.78 bits per heavy atom. The molecule has 0 aliphatic carbocycles. The number of nitrogens with one attached hydrogen (secondary N) is 2. The predicted octanol–water partition coefficient (Wildman–Crippen LogP) is 1.25. The second kappa shape index (κ2) is 8.94. The minimum Gasteiger partial charge on any atom is -0.492 e. The highest BCUT2D eigenvalue weighted by Crippen LogP contribution is 2.07. The number of hydrogen-bond donors (Lipinski definition) is 2. The van der Waals surface area contributed by atoms with E-state index in [9.17, 15) is 0 Å². The smallest absolute Gasteiger partial charge is 0.192 e. The van der Waals surface area contributed by atoms with Crippen molar-refractivity contribution >= 4 is 5.96 Å². The zero-order chi connectivity index (χ0) is 13.1. The summed E-state index contributed by atoms with van der Waals surface area (Å²) >= 11 is 0. The topological polar surface area (TPSA) is 45.7 Å². The van der Waals surface area contributed by atoms with Gasteiger partial charge in [0.2, 0.25) is 0 Å². The molecule has 0 atom stereocenters. The molecule has 1 aromatic carbocycles. The van der Waals surface area contributed by atoms with E-state index < -0.39 is 0 Å². The predicted molar refractivity (Wildman–Crippen MR) is 74.8 cm³/mol. The van der Waals surface area contributed by atoms with Crippen molar-refractivity contribution in [1.82, 2.24) is 10.6 Å². The molecule has 1 rings (SSSR count). The first-order valence-corrected chi connectivity index (χ1v) is 6.00. The minimum atomic E-state index is 0.464. The molecule has 0 aliphatic rings. The number of aliphatic imine (C=N–C) groups is 1. The first-order valence-electron chi connectivity index (χ1n) is 6.00. The Bertz CT molecular complexity index is 395. The monoisotopic (exact) mass is 245 g/mol. The maximum absolute atomic E-state index is 5.54. The quantitative estimate of drug-likeness (QED) is 0.343. The van der Waals surface area contributed by atoms with Crippen LogP contribution in [0, 0.1) is 12.3 Å². The summed E-state index contributed by atoms with van der Waals surface area (Å²) in [7, 11) is 0. The molecule has 0 bridgehead atoms. The lowest BCUT2D eigenvalue weighted by Gasteiger charge is -2.09. The Balaban J connectivity index is 2.30. The van der Waals surface area contributed by atoms with Gasteiger partial charge in [-0.2, -0.15) is 0 Å². The molecule has 0 radical (unpaired) electrons. The molecule has 0 saturated heterocycles. The molecule has 0 aromatic heterocycles. The van der Waals surface area contributed by atoms with Gasteiger partial charge in [0.15, 0.2) is 5.96 Å². The summed E-state index contributed by atoms with van der Waals surface area (Å²) in [6.07, 6.45) is 5.18. The fourth-order valence-corrected chi connectivity index (χ4v) is 1.31. The first-order chi connectivity index (χ1) is 8.86. The summed E-state index contributed by atoms with van der Waals surface area (Å²) < 4.78 is 5.54. The summed E-state index contributed by atoms with van der Waals surface area (Å²) in [4.78, 5) is 4.34. The molecule has 0 amide bonds. The van der Waals surface area contributed by atoms with E-state index in [2.05, 4.69) is 21.5 Å². The molecule has 0 spiro atoms. The number of guanidine groups is 1. The zero-order valence-electron chi connectivity index (χ0n) is 10.6. The van der Waals surface area contributed by atoms with E-state index in [0.717, 1.165) is 12.3 Å². The third-order valence-electron chi connectivity index (χ3n) is 2.08. The summed E-state index contributed by atoms with van der Waals surface area (Å²) in [6, 6.07) is 9.68. The van der Waals surface area contributed by atoms with Crippen molar-refractivity contribution in [2.24, 2.45) is 4.99 Å². The van der Waals surface area contributed by atoms with Gasteiger partial charge in [-0.25, -0.2) is 4.99 Å². The number of para-hydroxylation sites is 1. The third kappa shape index (κ3) is 5.80. The number of rotatable bonds is 6. The Morgan fingerprint density at radius 1 is 1.33 bits per heavy atom. The lowest BCUT2D eigenvalue weighted by Crippen LogP contribution is -2.37. The summed E-state index contributed by atoms with van der Waals surface area (Å²) in [5.41, 5.74) is 0. The average Bonchev–Trinajstić information content (AvgIpc) is 2.42. The van der Waals surface area contributed by atoms with Gasteiger partial charge >= 0.3 is 0 Å². The van der Waals surface area contributed by atoms with Gasteiger partial charge in [-0.3, -0.25) is 0 Å². The number of terminal acetylenes is 1. The van der Waals surface area contributed by atoms with Gasteiger partial charge < -0.3 is 15.4 Å². The second-order valence-corrected chi connectivity index (χ2v) is 3.48. The molecule has 2 N–H and O–H groups in total. The van der Waals surface area contributed by atoms with E-state index in [1.807, 2.05) is 37.3 Å². The molecule has 4 nitrogen and oxygen atoms in total. The van der Waals surface area contributed by atoms with Crippen LogP contribution in [0.25, 0.3) is 0 Å². The van der Waals surface area contributed by atoms with Crippen LogP contribution in [-0.4, -0.2) is 32.2 Å². The van der Waals surface area contributed by atoms with Crippen molar-refractivity contribution in [3.63, 3.8) is 0 Å². The molecule has 1 aromatic rings. The lowest BCUT2D eigenvalue weighted by molar-refractivity contribution is 0.328. The van der Waals surface area contributed by atoms with Crippen LogP contribution in [-0.2, 0) is 0 Å². The molecular weight excluding hydrogens is 226 g/mol. The average molecular weight is 245 g/mol. The normalized spacial score (nSPS) is 10.6. The van der Waals surface area contributed by atoms with Crippen molar-refractivity contribution in [3.8, 4) is 18.1 Å². The zero-order valence-corrected chi connectivity index (χ0v) is 10.6. The van der Waals surface area contributed by atoms with Crippen LogP contribution in [0.1, 0.15) is 6.92 Å². The third-order valence-corrected chi connectivity index (χ3v) is 2.08. The van der Waals surface area contributed by atoms with E-state index in [1.165, 1.54) is 0 Å². The molecule has 0 aliphatic heterocycles. The number of nitrogens with zero attached hydrogens (tertiary/aromatic N) is 1. The Kier molecular flexibility index (Phi) is 6.91. The Hall–Kier alpha value is -2.15. The summed E-state index contributed by atoms with van der Waals surface area (Å²) in [5.74, 6) is 4.08. The highest BCUT2D eigenvalue weighted by Gasteiger charge is 1.95. The molecule has 96 valence electrons. The maximum Gasteiger partial charge on any atom is 0.192 e. The van der Waals surface area contributed by atoms with Gasteiger partial charge in [0.25, 0.3) is 0 Å². The molecule has 0 fully saturated rings. The van der Waals surface area contributed by atoms with Gasteiger partial charge in [0.05, 0.1) is 13.1 Å². The minimum absolute atomic E-state index is 0.464. The second-order valence-electron chi connectivity index (χ2n) is 3.48. The van der Waals surface area contributed by atoms with Crippen LogP contribution in [0.15, 0.2) is 35.3 Å². The van der Waals surface area contributed by atoms with Crippen molar-refractivity contribution in [1.29, 1.82) is 0 Å². The van der Waals surface area contributed by atoms with Crippen LogP contribution in [0.4, 0.5) is 0 Å². The van der Waals surface area contributed by atoms with Crippen molar-refractivity contribution < 1.29 is 4.74 Å². The highest BCUT2D eigenvalue weighted by molar-refractivity contribution is 5.79. The molecular formula is C14H19N3O. The van der Waals surface area contributed by atoms with E-state index in [1.54, 1.807) is 0 Å². The Labute approximate surface area is 108 Å². The fraction of sp³-hybridized carbons (Fsp3) is 0.357. The highest BCUT2D eigenvalue weighted by atomic mass is 16.5. The SMILES string of the molecule is C#CCNC(=NCCOc1ccccc1)NCC. The van der Waals surface area contributed by atoms with Crippen LogP contribution in [0.2, 0.25) is 0 Å². The molecule has 18 heavy (non-hydrogen) atoms. The van der Waals surface area contributed by atoms with Gasteiger partial charge in [0.1, 0.15) is 12.4 Å². The van der Waals surface area contributed by atoms with E-state index >= 15 is 0 Å². The van der Waals surface area contributed by atoms with Crippen LogP contribution >= 0.6 is 0 Å².